The summed E-state index contributed by atoms with van der Waals surface area (Å²) in [7, 11) is 0. The van der Waals surface area contributed by atoms with E-state index in [1.807, 2.05) is 19.9 Å². The van der Waals surface area contributed by atoms with Crippen LogP contribution in [0.25, 0.3) is 0 Å². The van der Waals surface area contributed by atoms with Gasteiger partial charge < -0.3 is 4.74 Å². The summed E-state index contributed by atoms with van der Waals surface area (Å²) in [6.07, 6.45) is 8.29. The van der Waals surface area contributed by atoms with E-state index in [0.717, 1.165) is 25.8 Å². The molecule has 1 rings (SSSR count). The maximum absolute atomic E-state index is 12.4. The summed E-state index contributed by atoms with van der Waals surface area (Å²) in [5, 5.41) is 0. The molecular weight excluding hydrogens is 354 g/mol. The van der Waals surface area contributed by atoms with Crippen molar-refractivity contribution in [1.29, 1.82) is 0 Å². The summed E-state index contributed by atoms with van der Waals surface area (Å²) in [4.78, 5) is 40.4. The molecule has 0 unspecified atom stereocenters. The van der Waals surface area contributed by atoms with E-state index in [2.05, 4.69) is 25.8 Å². The van der Waals surface area contributed by atoms with Gasteiger partial charge in [-0.2, -0.15) is 0 Å². The molecule has 0 N–H and O–H groups in total. The standard InChI is InChI=1S/C23H37NO4/c1-22(2,3)13-14-23(4,5)20(26)11-12-21(27)28-16-7-6-10-19(25)18-9-8-15-24-17-18/h9,17H,6-8,10-16H2,1-5H3. The van der Waals surface area contributed by atoms with Crippen LogP contribution < -0.4 is 0 Å². The number of hydrogen-bond acceptors (Lipinski definition) is 5. The molecule has 0 aromatic heterocycles. The topological polar surface area (TPSA) is 72.8 Å². The van der Waals surface area contributed by atoms with Gasteiger partial charge in [-0.15, -0.1) is 0 Å². The van der Waals surface area contributed by atoms with Crippen molar-refractivity contribution in [2.24, 2.45) is 15.8 Å². The summed E-state index contributed by atoms with van der Waals surface area (Å²) < 4.78 is 5.20. The number of Topliss-reactive ketones (excluding diaryl/α,β-unsaturated/α-hetero) is 2. The molecule has 0 aromatic carbocycles. The van der Waals surface area contributed by atoms with E-state index in [1.165, 1.54) is 0 Å². The van der Waals surface area contributed by atoms with Crippen LogP contribution in [0.4, 0.5) is 0 Å². The largest absolute Gasteiger partial charge is 0.466 e. The smallest absolute Gasteiger partial charge is 0.306 e. The molecule has 0 fully saturated rings. The monoisotopic (exact) mass is 391 g/mol. The number of allylic oxidation sites excluding steroid dienone is 1. The van der Waals surface area contributed by atoms with Gasteiger partial charge >= 0.3 is 5.97 Å². The van der Waals surface area contributed by atoms with Crippen LogP contribution >= 0.6 is 0 Å². The molecule has 1 aliphatic rings. The van der Waals surface area contributed by atoms with Crippen molar-refractivity contribution < 1.29 is 19.1 Å². The van der Waals surface area contributed by atoms with Crippen molar-refractivity contribution in [2.45, 2.75) is 86.0 Å². The fourth-order valence-electron chi connectivity index (χ4n) is 2.87. The Morgan fingerprint density at radius 2 is 1.71 bits per heavy atom. The van der Waals surface area contributed by atoms with Gasteiger partial charge in [0.25, 0.3) is 0 Å². The van der Waals surface area contributed by atoms with Crippen LogP contribution in [0.1, 0.15) is 86.0 Å². The highest BCUT2D eigenvalue weighted by molar-refractivity contribution is 6.13. The van der Waals surface area contributed by atoms with Gasteiger partial charge in [0, 0.05) is 36.6 Å². The van der Waals surface area contributed by atoms with Gasteiger partial charge in [0.15, 0.2) is 5.78 Å². The number of unbranched alkanes of at least 4 members (excludes halogenated alkanes) is 1. The van der Waals surface area contributed by atoms with Crippen LogP contribution in [0.15, 0.2) is 16.6 Å². The summed E-state index contributed by atoms with van der Waals surface area (Å²) in [5.41, 5.74) is 0.472. The van der Waals surface area contributed by atoms with Crippen molar-refractivity contribution in [3.63, 3.8) is 0 Å². The Bertz CT molecular complexity index is 609. The maximum Gasteiger partial charge on any atom is 0.306 e. The number of nitrogens with zero attached hydrogens (tertiary/aromatic N) is 1. The zero-order valence-corrected chi connectivity index (χ0v) is 18.3. The molecule has 1 heterocycles. The molecular formula is C23H37NO4. The average Bonchev–Trinajstić information content (AvgIpc) is 2.64. The molecule has 0 saturated heterocycles. The zero-order chi connectivity index (χ0) is 21.2. The summed E-state index contributed by atoms with van der Waals surface area (Å²) >= 11 is 0. The maximum atomic E-state index is 12.4. The first-order valence-corrected chi connectivity index (χ1v) is 10.4. The summed E-state index contributed by atoms with van der Waals surface area (Å²) in [5.74, 6) is -0.131. The third-order valence-electron chi connectivity index (χ3n) is 5.05. The van der Waals surface area contributed by atoms with Crippen LogP contribution in [-0.2, 0) is 19.1 Å². The Labute approximate surface area is 170 Å². The lowest BCUT2D eigenvalue weighted by Gasteiger charge is -2.27. The Kier molecular flexibility index (Phi) is 9.77. The van der Waals surface area contributed by atoms with Crippen LogP contribution in [0.2, 0.25) is 0 Å². The van der Waals surface area contributed by atoms with Crippen molar-refractivity contribution in [3.8, 4) is 0 Å². The Balaban J connectivity index is 2.17. The molecule has 0 atom stereocenters. The molecule has 158 valence electrons. The highest BCUT2D eigenvalue weighted by Crippen LogP contribution is 2.32. The second kappa shape index (κ2) is 11.3. The van der Waals surface area contributed by atoms with E-state index < -0.39 is 5.41 Å². The first-order valence-electron chi connectivity index (χ1n) is 10.4. The molecule has 5 nitrogen and oxygen atoms in total. The zero-order valence-electron chi connectivity index (χ0n) is 18.3. The van der Waals surface area contributed by atoms with Crippen molar-refractivity contribution in [1.82, 2.24) is 0 Å². The van der Waals surface area contributed by atoms with Gasteiger partial charge in [-0.05, 0) is 37.5 Å². The van der Waals surface area contributed by atoms with Crippen LogP contribution in [-0.4, -0.2) is 36.9 Å². The molecule has 0 spiro atoms. The molecule has 0 bridgehead atoms. The molecule has 1 aliphatic heterocycles. The number of ether oxygens (including phenoxy) is 1. The molecule has 28 heavy (non-hydrogen) atoms. The minimum Gasteiger partial charge on any atom is -0.466 e. The SMILES string of the molecule is CC(C)(C)CCC(C)(C)C(=O)CCC(=O)OCCCCC(=O)C1=CCCN=C1. The molecule has 0 saturated carbocycles. The second-order valence-corrected chi connectivity index (χ2v) is 9.45. The molecule has 0 aromatic rings. The van der Waals surface area contributed by atoms with Crippen molar-refractivity contribution in [3.05, 3.63) is 11.6 Å². The Morgan fingerprint density at radius 1 is 1.00 bits per heavy atom. The van der Waals surface area contributed by atoms with E-state index >= 15 is 0 Å². The number of carbonyl (C=O) groups excluding carboxylic acids is 3. The van der Waals surface area contributed by atoms with Gasteiger partial charge in [-0.3, -0.25) is 19.4 Å². The fourth-order valence-corrected chi connectivity index (χ4v) is 2.87. The van der Waals surface area contributed by atoms with Gasteiger partial charge in [0.05, 0.1) is 13.0 Å². The summed E-state index contributed by atoms with van der Waals surface area (Å²) in [6.45, 7) is 11.4. The number of carbonyl (C=O) groups is 3. The van der Waals surface area contributed by atoms with E-state index in [0.29, 0.717) is 31.4 Å². The molecule has 5 heteroatoms. The lowest BCUT2D eigenvalue weighted by molar-refractivity contribution is -0.145. The lowest BCUT2D eigenvalue weighted by Crippen LogP contribution is -2.26. The first kappa shape index (κ1) is 24.3. The van der Waals surface area contributed by atoms with Gasteiger partial charge in [-0.1, -0.05) is 40.7 Å². The number of ketones is 2. The predicted octanol–water partition coefficient (Wildman–Crippen LogP) is 4.87. The number of rotatable bonds is 12. The van der Waals surface area contributed by atoms with E-state index in [-0.39, 0.29) is 35.8 Å². The normalized spacial score (nSPS) is 14.5. The molecule has 0 aliphatic carbocycles. The third-order valence-corrected chi connectivity index (χ3v) is 5.05. The Hall–Kier alpha value is -1.78. The Morgan fingerprint density at radius 3 is 2.32 bits per heavy atom. The van der Waals surface area contributed by atoms with Crippen LogP contribution in [0, 0.1) is 10.8 Å². The first-order chi connectivity index (χ1) is 13.0. The van der Waals surface area contributed by atoms with Crippen LogP contribution in [0.5, 0.6) is 0 Å². The minimum absolute atomic E-state index is 0.0952. The van der Waals surface area contributed by atoms with Gasteiger partial charge in [0.1, 0.15) is 5.78 Å². The minimum atomic E-state index is -0.412. The number of hydrogen-bond donors (Lipinski definition) is 0. The quantitative estimate of drug-likeness (QED) is 0.351. The predicted molar refractivity (Wildman–Crippen MR) is 113 cm³/mol. The second-order valence-electron chi connectivity index (χ2n) is 9.45. The number of aliphatic imine (C=N–C) groups is 1. The fraction of sp³-hybridized carbons (Fsp3) is 0.739. The van der Waals surface area contributed by atoms with Crippen molar-refractivity contribution in [2.75, 3.05) is 13.2 Å². The van der Waals surface area contributed by atoms with E-state index in [9.17, 15) is 14.4 Å². The summed E-state index contributed by atoms with van der Waals surface area (Å²) in [6, 6.07) is 0. The van der Waals surface area contributed by atoms with Gasteiger partial charge in [0.2, 0.25) is 0 Å². The van der Waals surface area contributed by atoms with Gasteiger partial charge in [-0.25, -0.2) is 0 Å². The van der Waals surface area contributed by atoms with Crippen LogP contribution in [0.3, 0.4) is 0 Å². The number of esters is 1. The van der Waals surface area contributed by atoms with E-state index in [1.54, 1.807) is 6.21 Å². The highest BCUT2D eigenvalue weighted by atomic mass is 16.5. The lowest BCUT2D eigenvalue weighted by atomic mass is 9.76. The highest BCUT2D eigenvalue weighted by Gasteiger charge is 2.29. The van der Waals surface area contributed by atoms with E-state index in [4.69, 9.17) is 4.74 Å². The average molecular weight is 392 g/mol. The van der Waals surface area contributed by atoms with Crippen molar-refractivity contribution >= 4 is 23.8 Å². The molecule has 0 amide bonds. The molecule has 0 radical (unpaired) electrons. The third kappa shape index (κ3) is 9.95. The number of dihydropyridines is 1.